The van der Waals surface area contributed by atoms with Crippen LogP contribution in [-0.2, 0) is 0 Å². The molecule has 27 heavy (non-hydrogen) atoms. The number of carboxylic acid groups (broad SMARTS) is 2. The van der Waals surface area contributed by atoms with Gasteiger partial charge in [-0.05, 0) is 24.3 Å². The third-order valence-corrected chi connectivity index (χ3v) is 3.25. The molecule has 0 atom stereocenters. The van der Waals surface area contributed by atoms with Gasteiger partial charge in [0.1, 0.15) is 11.4 Å². The van der Waals surface area contributed by atoms with E-state index in [-0.39, 0.29) is 51.9 Å². The molecule has 0 aliphatic heterocycles. The van der Waals surface area contributed by atoms with E-state index < -0.39 is 11.9 Å². The minimum absolute atomic E-state index is 0.0315. The van der Waals surface area contributed by atoms with Crippen molar-refractivity contribution in [2.24, 2.45) is 20.5 Å². The third kappa shape index (κ3) is 4.45. The van der Waals surface area contributed by atoms with E-state index in [4.69, 9.17) is 33.1 Å². The Balaban J connectivity index is 2.23. The Kier molecular flexibility index (Phi) is 5.50. The van der Waals surface area contributed by atoms with Crippen molar-refractivity contribution < 1.29 is 19.8 Å². The van der Waals surface area contributed by atoms with Crippen LogP contribution in [0.3, 0.4) is 0 Å². The molecule has 0 aliphatic rings. The molecule has 0 spiro atoms. The van der Waals surface area contributed by atoms with Gasteiger partial charge in [0, 0.05) is 11.4 Å². The molecule has 140 valence electrons. The van der Waals surface area contributed by atoms with Crippen molar-refractivity contribution >= 4 is 46.1 Å². The van der Waals surface area contributed by atoms with Crippen LogP contribution in [0.5, 0.6) is 0 Å². The van der Waals surface area contributed by atoms with Crippen molar-refractivity contribution in [1.29, 1.82) is 0 Å². The molecule has 12 heteroatoms. The van der Waals surface area contributed by atoms with Crippen molar-refractivity contribution in [2.45, 2.75) is 0 Å². The topological polar surface area (TPSA) is 228 Å². The first kappa shape index (κ1) is 19.1. The van der Waals surface area contributed by atoms with Crippen LogP contribution in [0.1, 0.15) is 20.7 Å². The third-order valence-electron chi connectivity index (χ3n) is 3.25. The number of nitrogen functional groups attached to an aromatic ring is 4. The van der Waals surface area contributed by atoms with Crippen LogP contribution in [0, 0.1) is 0 Å². The van der Waals surface area contributed by atoms with Crippen molar-refractivity contribution in [2.75, 3.05) is 29.6 Å². The van der Waals surface area contributed by atoms with Gasteiger partial charge in [-0.1, -0.05) is 0 Å². The molecule has 2 rings (SSSR count). The highest BCUT2D eigenvalue weighted by molar-refractivity contribution is 5.98. The number of rotatable bonds is 6. The SMILES string of the molecule is Nc1cc(N)c(N=NCN=Nc2c(N)cc(N)cc2C(=O)O)c(C(=O)O)c1. The van der Waals surface area contributed by atoms with Crippen LogP contribution in [0.2, 0.25) is 0 Å². The summed E-state index contributed by atoms with van der Waals surface area (Å²) in [5, 5.41) is 33.2. The summed E-state index contributed by atoms with van der Waals surface area (Å²) in [5.74, 6) is -2.55. The molecule has 0 heterocycles. The zero-order valence-corrected chi connectivity index (χ0v) is 13.8. The minimum Gasteiger partial charge on any atom is -0.478 e. The Morgan fingerprint density at radius 2 is 1.11 bits per heavy atom. The molecule has 0 radical (unpaired) electrons. The second kappa shape index (κ2) is 7.77. The summed E-state index contributed by atoms with van der Waals surface area (Å²) in [4.78, 5) is 22.5. The maximum absolute atomic E-state index is 11.2. The molecule has 2 aromatic carbocycles. The Morgan fingerprint density at radius 1 is 0.741 bits per heavy atom. The number of hydrogen-bond acceptors (Lipinski definition) is 10. The molecular formula is C15H16N8O4. The first-order chi connectivity index (χ1) is 12.7. The number of aromatic carboxylic acids is 2. The normalized spacial score (nSPS) is 11.3. The van der Waals surface area contributed by atoms with E-state index in [1.165, 1.54) is 24.3 Å². The lowest BCUT2D eigenvalue weighted by atomic mass is 10.1. The standard InChI is InChI=1S/C15H16N8O4/c16-6-1-8(14(24)25)12(10(18)3-6)22-20-5-21-23-13-9(15(26)27)2-7(17)4-11(13)19/h1-4H,5,16-19H2,(H,24,25)(H,26,27). The average molecular weight is 372 g/mol. The first-order valence-corrected chi connectivity index (χ1v) is 7.30. The van der Waals surface area contributed by atoms with Gasteiger partial charge in [0.25, 0.3) is 0 Å². The number of nitrogens with zero attached hydrogens (tertiary/aromatic N) is 4. The van der Waals surface area contributed by atoms with Gasteiger partial charge in [-0.2, -0.15) is 20.5 Å². The van der Waals surface area contributed by atoms with Crippen molar-refractivity contribution in [1.82, 2.24) is 0 Å². The number of nitrogens with two attached hydrogens (primary N) is 4. The summed E-state index contributed by atoms with van der Waals surface area (Å²) in [6.45, 7) is -0.328. The highest BCUT2D eigenvalue weighted by Gasteiger charge is 2.15. The van der Waals surface area contributed by atoms with E-state index in [1.807, 2.05) is 0 Å². The maximum Gasteiger partial charge on any atom is 0.338 e. The number of carbonyl (C=O) groups is 2. The van der Waals surface area contributed by atoms with Gasteiger partial charge in [-0.25, -0.2) is 9.59 Å². The fourth-order valence-corrected chi connectivity index (χ4v) is 2.14. The second-order valence-corrected chi connectivity index (χ2v) is 5.25. The lowest BCUT2D eigenvalue weighted by Gasteiger charge is -2.05. The van der Waals surface area contributed by atoms with Crippen molar-refractivity contribution in [3.8, 4) is 0 Å². The molecule has 12 nitrogen and oxygen atoms in total. The van der Waals surface area contributed by atoms with Gasteiger partial charge >= 0.3 is 11.9 Å². The lowest BCUT2D eigenvalue weighted by molar-refractivity contribution is 0.0687. The molecule has 0 saturated carbocycles. The fraction of sp³-hybridized carbons (Fsp3) is 0.0667. The Hall–Kier alpha value is -4.22. The quantitative estimate of drug-likeness (QED) is 0.324. The van der Waals surface area contributed by atoms with Crippen LogP contribution < -0.4 is 22.9 Å². The molecule has 10 N–H and O–H groups in total. The first-order valence-electron chi connectivity index (χ1n) is 7.30. The average Bonchev–Trinajstić information content (AvgIpc) is 2.56. The monoisotopic (exact) mass is 372 g/mol. The van der Waals surface area contributed by atoms with Gasteiger partial charge in [-0.3, -0.25) is 0 Å². The van der Waals surface area contributed by atoms with Crippen molar-refractivity contribution in [3.63, 3.8) is 0 Å². The van der Waals surface area contributed by atoms with E-state index in [9.17, 15) is 9.59 Å². The number of azo groups is 2. The van der Waals surface area contributed by atoms with E-state index in [1.54, 1.807) is 0 Å². The van der Waals surface area contributed by atoms with Crippen LogP contribution >= 0.6 is 0 Å². The number of hydrogen-bond donors (Lipinski definition) is 6. The summed E-state index contributed by atoms with van der Waals surface area (Å²) in [6.07, 6.45) is 0. The zero-order valence-electron chi connectivity index (χ0n) is 13.8. The van der Waals surface area contributed by atoms with Gasteiger partial charge in [0.05, 0.1) is 22.5 Å². The second-order valence-electron chi connectivity index (χ2n) is 5.25. The Bertz CT molecular complexity index is 893. The summed E-state index contributed by atoms with van der Waals surface area (Å²) in [6, 6.07) is 5.08. The summed E-state index contributed by atoms with van der Waals surface area (Å²) >= 11 is 0. The van der Waals surface area contributed by atoms with Crippen LogP contribution in [0.4, 0.5) is 34.1 Å². The fourth-order valence-electron chi connectivity index (χ4n) is 2.14. The highest BCUT2D eigenvalue weighted by Crippen LogP contribution is 2.31. The molecule has 0 bridgehead atoms. The van der Waals surface area contributed by atoms with Crippen LogP contribution in [0.25, 0.3) is 0 Å². The molecule has 0 aromatic heterocycles. The molecule has 2 aromatic rings. The largest absolute Gasteiger partial charge is 0.478 e. The number of anilines is 4. The van der Waals surface area contributed by atoms with E-state index in [2.05, 4.69) is 20.5 Å². The molecule has 0 unspecified atom stereocenters. The summed E-state index contributed by atoms with van der Waals surface area (Å²) in [5.41, 5.74) is 22.3. The van der Waals surface area contributed by atoms with E-state index in [0.717, 1.165) is 0 Å². The Morgan fingerprint density at radius 3 is 1.44 bits per heavy atom. The van der Waals surface area contributed by atoms with Crippen molar-refractivity contribution in [3.05, 3.63) is 35.4 Å². The van der Waals surface area contributed by atoms with Crippen LogP contribution in [0.15, 0.2) is 44.7 Å². The smallest absolute Gasteiger partial charge is 0.338 e. The zero-order chi connectivity index (χ0) is 20.1. The van der Waals surface area contributed by atoms with Gasteiger partial charge in [-0.15, -0.1) is 0 Å². The Labute approximate surface area is 152 Å². The summed E-state index contributed by atoms with van der Waals surface area (Å²) < 4.78 is 0. The molecule has 0 amide bonds. The summed E-state index contributed by atoms with van der Waals surface area (Å²) in [7, 11) is 0. The number of benzene rings is 2. The maximum atomic E-state index is 11.2. The minimum atomic E-state index is -1.27. The predicted octanol–water partition coefficient (Wildman–Crippen LogP) is 2.24. The highest BCUT2D eigenvalue weighted by atomic mass is 16.4. The van der Waals surface area contributed by atoms with Gasteiger partial charge in [0.2, 0.25) is 0 Å². The molecule has 0 fully saturated rings. The molecular weight excluding hydrogens is 356 g/mol. The molecule has 0 aliphatic carbocycles. The van der Waals surface area contributed by atoms with Gasteiger partial charge in [0.15, 0.2) is 6.67 Å². The predicted molar refractivity (Wildman–Crippen MR) is 98.4 cm³/mol. The lowest BCUT2D eigenvalue weighted by Crippen LogP contribution is -2.01. The van der Waals surface area contributed by atoms with E-state index in [0.29, 0.717) is 0 Å². The van der Waals surface area contributed by atoms with Gasteiger partial charge < -0.3 is 33.1 Å². The number of carboxylic acids is 2. The van der Waals surface area contributed by atoms with Crippen LogP contribution in [-0.4, -0.2) is 28.8 Å². The van der Waals surface area contributed by atoms with E-state index >= 15 is 0 Å². The molecule has 0 saturated heterocycles.